The van der Waals surface area contributed by atoms with Crippen molar-refractivity contribution in [3.05, 3.63) is 102 Å². The van der Waals surface area contributed by atoms with Crippen molar-refractivity contribution in [1.82, 2.24) is 10.3 Å². The molecule has 0 atom stereocenters. The zero-order valence-corrected chi connectivity index (χ0v) is 16.5. The lowest BCUT2D eigenvalue weighted by Gasteiger charge is -2.08. The van der Waals surface area contributed by atoms with Crippen LogP contribution in [0.4, 0.5) is 0 Å². The number of hydrogen-bond donors (Lipinski definition) is 2. The molecule has 30 heavy (non-hydrogen) atoms. The van der Waals surface area contributed by atoms with Crippen LogP contribution in [-0.2, 0) is 13.0 Å². The molecule has 4 rings (SSSR count). The molecule has 0 aliphatic heterocycles. The highest BCUT2D eigenvalue weighted by atomic mass is 16.5. The number of nitrogens with two attached hydrogens (primary N) is 1. The van der Waals surface area contributed by atoms with Crippen molar-refractivity contribution in [2.45, 2.75) is 13.0 Å². The number of fused-ring (bicyclic) bond motifs is 1. The van der Waals surface area contributed by atoms with Gasteiger partial charge in [0.25, 0.3) is 0 Å². The molecule has 0 unspecified atom stereocenters. The molecule has 1 heterocycles. The molecule has 3 aromatic carbocycles. The summed E-state index contributed by atoms with van der Waals surface area (Å²) in [4.78, 5) is 15.2. The van der Waals surface area contributed by atoms with Gasteiger partial charge in [-0.3, -0.25) is 4.79 Å². The van der Waals surface area contributed by atoms with E-state index in [-0.39, 0.29) is 0 Å². The highest BCUT2D eigenvalue weighted by molar-refractivity contribution is 5.92. The van der Waals surface area contributed by atoms with Crippen LogP contribution in [0.15, 0.2) is 85.1 Å². The van der Waals surface area contributed by atoms with Gasteiger partial charge in [-0.15, -0.1) is 0 Å². The molecule has 0 spiro atoms. The van der Waals surface area contributed by atoms with Crippen molar-refractivity contribution in [2.24, 2.45) is 5.73 Å². The Hall–Kier alpha value is -3.70. The molecule has 0 radical (unpaired) electrons. The zero-order chi connectivity index (χ0) is 20.8. The molecule has 0 saturated heterocycles. The van der Waals surface area contributed by atoms with E-state index >= 15 is 0 Å². The Morgan fingerprint density at radius 2 is 1.67 bits per heavy atom. The van der Waals surface area contributed by atoms with Gasteiger partial charge >= 0.3 is 0 Å². The summed E-state index contributed by atoms with van der Waals surface area (Å²) in [6, 6.07) is 26.1. The smallest absolute Gasteiger partial charge is 0.250 e. The van der Waals surface area contributed by atoms with E-state index in [1.165, 1.54) is 28.1 Å². The van der Waals surface area contributed by atoms with Gasteiger partial charge in [0.1, 0.15) is 5.75 Å². The summed E-state index contributed by atoms with van der Waals surface area (Å²) in [7, 11) is 0. The van der Waals surface area contributed by atoms with E-state index in [1.807, 2.05) is 24.3 Å². The molecule has 5 nitrogen and oxygen atoms in total. The monoisotopic (exact) mass is 397 g/mol. The van der Waals surface area contributed by atoms with E-state index in [0.717, 1.165) is 19.5 Å². The lowest BCUT2D eigenvalue weighted by molar-refractivity contribution is 0.1000. The van der Waals surface area contributed by atoms with Crippen molar-refractivity contribution in [3.63, 3.8) is 0 Å². The Bertz CT molecular complexity index is 1140. The fraction of sp³-hybridized carbons (Fsp3) is 0.120. The molecule has 1 amide bonds. The first-order chi connectivity index (χ1) is 14.7. The van der Waals surface area contributed by atoms with Crippen molar-refractivity contribution < 1.29 is 9.53 Å². The Morgan fingerprint density at radius 3 is 2.40 bits per heavy atom. The maximum absolute atomic E-state index is 11.1. The molecule has 0 aliphatic carbocycles. The van der Waals surface area contributed by atoms with Crippen molar-refractivity contribution in [1.29, 1.82) is 0 Å². The minimum absolute atomic E-state index is 0.355. The van der Waals surface area contributed by atoms with E-state index in [0.29, 0.717) is 17.2 Å². The van der Waals surface area contributed by atoms with Crippen LogP contribution in [-0.4, -0.2) is 17.4 Å². The highest BCUT2D eigenvalue weighted by Crippen LogP contribution is 2.20. The van der Waals surface area contributed by atoms with Crippen molar-refractivity contribution in [2.75, 3.05) is 6.54 Å². The van der Waals surface area contributed by atoms with Gasteiger partial charge in [0.2, 0.25) is 11.8 Å². The number of amides is 1. The molecular weight excluding hydrogens is 374 g/mol. The van der Waals surface area contributed by atoms with Gasteiger partial charge in [-0.2, -0.15) is 0 Å². The fourth-order valence-electron chi connectivity index (χ4n) is 3.25. The molecule has 3 N–H and O–H groups in total. The van der Waals surface area contributed by atoms with Crippen molar-refractivity contribution in [3.8, 4) is 11.6 Å². The average Bonchev–Trinajstić information content (AvgIpc) is 2.78. The molecule has 4 aromatic rings. The van der Waals surface area contributed by atoms with E-state index < -0.39 is 5.91 Å². The normalized spacial score (nSPS) is 10.8. The summed E-state index contributed by atoms with van der Waals surface area (Å²) in [5, 5.41) is 6.04. The summed E-state index contributed by atoms with van der Waals surface area (Å²) in [5.74, 6) is 0.611. The number of pyridine rings is 1. The number of nitrogens with one attached hydrogen (secondary N) is 1. The first kappa shape index (κ1) is 19.6. The summed E-state index contributed by atoms with van der Waals surface area (Å²) < 4.78 is 5.71. The maximum Gasteiger partial charge on any atom is 0.250 e. The average molecular weight is 397 g/mol. The minimum atomic E-state index is -0.507. The lowest BCUT2D eigenvalue weighted by atomic mass is 10.1. The third kappa shape index (κ3) is 5.01. The second-order valence-corrected chi connectivity index (χ2v) is 7.10. The molecule has 0 saturated carbocycles. The van der Waals surface area contributed by atoms with Gasteiger partial charge in [0, 0.05) is 18.8 Å². The molecule has 0 fully saturated rings. The van der Waals surface area contributed by atoms with Gasteiger partial charge in [-0.25, -0.2) is 4.98 Å². The number of benzene rings is 3. The highest BCUT2D eigenvalue weighted by Gasteiger charge is 2.03. The number of carbonyl (C=O) groups is 1. The number of hydrogen-bond acceptors (Lipinski definition) is 4. The van der Waals surface area contributed by atoms with Gasteiger partial charge < -0.3 is 15.8 Å². The van der Waals surface area contributed by atoms with Gasteiger partial charge in [0.15, 0.2) is 0 Å². The van der Waals surface area contributed by atoms with Crippen molar-refractivity contribution >= 4 is 16.7 Å². The van der Waals surface area contributed by atoms with Gasteiger partial charge in [-0.1, -0.05) is 48.5 Å². The Labute approximate surface area is 175 Å². The fourth-order valence-corrected chi connectivity index (χ4v) is 3.25. The number of ether oxygens (including phenoxy) is 1. The summed E-state index contributed by atoms with van der Waals surface area (Å²) >= 11 is 0. The van der Waals surface area contributed by atoms with E-state index in [1.54, 1.807) is 12.1 Å². The van der Waals surface area contributed by atoms with Crippen LogP contribution in [0.25, 0.3) is 10.8 Å². The molecule has 0 aliphatic rings. The lowest BCUT2D eigenvalue weighted by Crippen LogP contribution is -2.16. The van der Waals surface area contributed by atoms with Crippen LogP contribution in [0.1, 0.15) is 21.5 Å². The van der Waals surface area contributed by atoms with E-state index in [2.05, 4.69) is 52.8 Å². The molecule has 150 valence electrons. The van der Waals surface area contributed by atoms with Crippen LogP contribution in [0.5, 0.6) is 11.6 Å². The Balaban J connectivity index is 1.25. The first-order valence-electron chi connectivity index (χ1n) is 9.88. The van der Waals surface area contributed by atoms with Crippen LogP contribution in [0.3, 0.4) is 0 Å². The van der Waals surface area contributed by atoms with Gasteiger partial charge in [0.05, 0.1) is 5.56 Å². The molecule has 1 aromatic heterocycles. The van der Waals surface area contributed by atoms with Crippen LogP contribution in [0, 0.1) is 0 Å². The maximum atomic E-state index is 11.1. The topological polar surface area (TPSA) is 77.2 Å². The Morgan fingerprint density at radius 1 is 0.900 bits per heavy atom. The summed E-state index contributed by atoms with van der Waals surface area (Å²) in [6.45, 7) is 1.74. The SMILES string of the molecule is NC(=O)c1ccc(Oc2ccc(CCNCc3ccc4ccccc4c3)cc2)nc1. The number of primary amides is 1. The second-order valence-electron chi connectivity index (χ2n) is 7.10. The third-order valence-electron chi connectivity index (χ3n) is 4.90. The predicted octanol–water partition coefficient (Wildman–Crippen LogP) is 4.46. The minimum Gasteiger partial charge on any atom is -0.439 e. The second kappa shape index (κ2) is 9.20. The molecule has 5 heteroatoms. The first-order valence-corrected chi connectivity index (χ1v) is 9.88. The quantitative estimate of drug-likeness (QED) is 0.431. The third-order valence-corrected chi connectivity index (χ3v) is 4.90. The summed E-state index contributed by atoms with van der Waals surface area (Å²) in [6.07, 6.45) is 2.34. The van der Waals surface area contributed by atoms with Crippen LogP contribution in [0.2, 0.25) is 0 Å². The largest absolute Gasteiger partial charge is 0.439 e. The van der Waals surface area contributed by atoms with Crippen LogP contribution >= 0.6 is 0 Å². The zero-order valence-electron chi connectivity index (χ0n) is 16.5. The standard InChI is InChI=1S/C25H23N3O2/c26-25(29)22-9-12-24(28-17-22)30-23-10-6-18(7-11-23)13-14-27-16-19-5-8-20-3-1-2-4-21(20)15-19/h1-12,15,17,27H,13-14,16H2,(H2,26,29). The molecule has 0 bridgehead atoms. The van der Waals surface area contributed by atoms with Gasteiger partial charge in [-0.05, 0) is 59.1 Å². The number of aromatic nitrogens is 1. The molecular formula is C25H23N3O2. The number of rotatable bonds is 8. The number of carbonyl (C=O) groups excluding carboxylic acids is 1. The predicted molar refractivity (Wildman–Crippen MR) is 119 cm³/mol. The van der Waals surface area contributed by atoms with Crippen LogP contribution < -0.4 is 15.8 Å². The summed E-state index contributed by atoms with van der Waals surface area (Å²) in [5.41, 5.74) is 8.08. The number of nitrogens with zero attached hydrogens (tertiary/aromatic N) is 1. The van der Waals surface area contributed by atoms with E-state index in [4.69, 9.17) is 10.5 Å². The van der Waals surface area contributed by atoms with E-state index in [9.17, 15) is 4.79 Å². The Kier molecular flexibility index (Phi) is 6.01.